The molecule has 1 aromatic rings. The van der Waals surface area contributed by atoms with E-state index in [2.05, 4.69) is 30.0 Å². The van der Waals surface area contributed by atoms with Gasteiger partial charge in [0.1, 0.15) is 5.75 Å². The molecule has 3 rings (SSSR count). The van der Waals surface area contributed by atoms with Gasteiger partial charge in [0.25, 0.3) is 0 Å². The van der Waals surface area contributed by atoms with Crippen molar-refractivity contribution in [3.63, 3.8) is 0 Å². The highest BCUT2D eigenvalue weighted by atomic mass is 16.3. The Labute approximate surface area is 115 Å². The summed E-state index contributed by atoms with van der Waals surface area (Å²) in [4.78, 5) is 5.00. The Balaban J connectivity index is 1.74. The highest BCUT2D eigenvalue weighted by Crippen LogP contribution is 2.38. The van der Waals surface area contributed by atoms with Crippen LogP contribution in [-0.2, 0) is 6.42 Å². The van der Waals surface area contributed by atoms with Crippen LogP contribution in [0.5, 0.6) is 5.75 Å². The van der Waals surface area contributed by atoms with E-state index in [4.69, 9.17) is 0 Å². The number of fused-ring (bicyclic) bond motifs is 1. The van der Waals surface area contributed by atoms with E-state index < -0.39 is 0 Å². The van der Waals surface area contributed by atoms with E-state index in [0.717, 1.165) is 6.42 Å². The molecule has 2 aliphatic rings. The molecule has 0 amide bonds. The highest BCUT2D eigenvalue weighted by molar-refractivity contribution is 5.40. The van der Waals surface area contributed by atoms with Crippen LogP contribution in [-0.4, -0.2) is 48.1 Å². The van der Waals surface area contributed by atoms with Gasteiger partial charge < -0.3 is 10.0 Å². The first-order valence-corrected chi connectivity index (χ1v) is 7.37. The summed E-state index contributed by atoms with van der Waals surface area (Å²) in [6.07, 6.45) is 4.85. The third-order valence-electron chi connectivity index (χ3n) is 4.93. The van der Waals surface area contributed by atoms with Crippen LogP contribution in [0.3, 0.4) is 0 Å². The van der Waals surface area contributed by atoms with E-state index in [1.807, 2.05) is 12.1 Å². The van der Waals surface area contributed by atoms with Crippen molar-refractivity contribution in [1.29, 1.82) is 0 Å². The molecule has 1 aliphatic carbocycles. The number of phenolic OH excluding ortho intramolecular Hbond substituents is 1. The van der Waals surface area contributed by atoms with Crippen LogP contribution in [0.25, 0.3) is 0 Å². The molecule has 1 fully saturated rings. The fraction of sp³-hybridized carbons (Fsp3) is 0.625. The minimum Gasteiger partial charge on any atom is -0.508 e. The maximum atomic E-state index is 9.58. The van der Waals surface area contributed by atoms with Gasteiger partial charge in [-0.25, -0.2) is 0 Å². The molecular formula is C16H24N2O. The Hall–Kier alpha value is -1.06. The van der Waals surface area contributed by atoms with Crippen LogP contribution < -0.4 is 0 Å². The number of likely N-dealkylation sites (tertiary alicyclic amines) is 1. The summed E-state index contributed by atoms with van der Waals surface area (Å²) in [6, 6.07) is 7.15. The molecule has 0 bridgehead atoms. The Morgan fingerprint density at radius 2 is 1.95 bits per heavy atom. The number of nitrogens with zero attached hydrogens (tertiary/aromatic N) is 2. The van der Waals surface area contributed by atoms with Gasteiger partial charge in [-0.05, 0) is 76.1 Å². The number of rotatable bonds is 2. The van der Waals surface area contributed by atoms with Gasteiger partial charge in [0.15, 0.2) is 0 Å². The van der Waals surface area contributed by atoms with E-state index in [9.17, 15) is 5.11 Å². The maximum absolute atomic E-state index is 9.58. The summed E-state index contributed by atoms with van der Waals surface area (Å²) in [5, 5.41) is 9.58. The fourth-order valence-corrected chi connectivity index (χ4v) is 3.66. The van der Waals surface area contributed by atoms with E-state index in [1.54, 1.807) is 0 Å². The average molecular weight is 260 g/mol. The van der Waals surface area contributed by atoms with Crippen LogP contribution in [0.1, 0.15) is 36.4 Å². The van der Waals surface area contributed by atoms with Crippen LogP contribution in [0, 0.1) is 0 Å². The van der Waals surface area contributed by atoms with Crippen molar-refractivity contribution < 1.29 is 5.11 Å². The summed E-state index contributed by atoms with van der Waals surface area (Å²) >= 11 is 0. The lowest BCUT2D eigenvalue weighted by Gasteiger charge is -2.38. The number of hydrogen-bond donors (Lipinski definition) is 1. The van der Waals surface area contributed by atoms with Crippen molar-refractivity contribution in [2.45, 2.75) is 37.8 Å². The normalized spacial score (nSPS) is 24.9. The van der Waals surface area contributed by atoms with Gasteiger partial charge in [0.05, 0.1) is 0 Å². The standard InChI is InChI=1S/C16H24N2O/c1-17-9-7-13(8-10-17)18(2)16-6-3-12-11-14(19)4-5-15(12)16/h4-5,11,13,16,19H,3,6-10H2,1-2H3. The number of phenols is 1. The van der Waals surface area contributed by atoms with E-state index in [-0.39, 0.29) is 0 Å². The monoisotopic (exact) mass is 260 g/mol. The second kappa shape index (κ2) is 5.14. The maximum Gasteiger partial charge on any atom is 0.115 e. The summed E-state index contributed by atoms with van der Waals surface area (Å²) in [6.45, 7) is 2.42. The van der Waals surface area contributed by atoms with Crippen molar-refractivity contribution >= 4 is 0 Å². The largest absolute Gasteiger partial charge is 0.508 e. The van der Waals surface area contributed by atoms with Crippen molar-refractivity contribution in [1.82, 2.24) is 9.80 Å². The summed E-state index contributed by atoms with van der Waals surface area (Å²) < 4.78 is 0. The topological polar surface area (TPSA) is 26.7 Å². The molecular weight excluding hydrogens is 236 g/mol. The molecule has 3 nitrogen and oxygen atoms in total. The lowest BCUT2D eigenvalue weighted by molar-refractivity contribution is 0.107. The SMILES string of the molecule is CN1CCC(N(C)C2CCc3cc(O)ccc32)CC1. The third kappa shape index (κ3) is 2.49. The first kappa shape index (κ1) is 12.9. The smallest absolute Gasteiger partial charge is 0.115 e. The fourth-order valence-electron chi connectivity index (χ4n) is 3.66. The second-order valence-corrected chi connectivity index (χ2v) is 6.14. The lowest BCUT2D eigenvalue weighted by Crippen LogP contribution is -2.43. The molecule has 0 spiro atoms. The number of hydrogen-bond acceptors (Lipinski definition) is 3. The second-order valence-electron chi connectivity index (χ2n) is 6.14. The van der Waals surface area contributed by atoms with Gasteiger partial charge in [-0.1, -0.05) is 6.07 Å². The summed E-state index contributed by atoms with van der Waals surface area (Å²) in [7, 11) is 4.49. The zero-order chi connectivity index (χ0) is 13.4. The number of benzene rings is 1. The third-order valence-corrected chi connectivity index (χ3v) is 4.93. The quantitative estimate of drug-likeness (QED) is 0.884. The van der Waals surface area contributed by atoms with Crippen molar-refractivity contribution in [2.75, 3.05) is 27.2 Å². The zero-order valence-corrected chi connectivity index (χ0v) is 12.0. The molecule has 0 aromatic heterocycles. The number of piperidine rings is 1. The van der Waals surface area contributed by atoms with Crippen molar-refractivity contribution in [3.8, 4) is 5.75 Å². The molecule has 104 valence electrons. The zero-order valence-electron chi connectivity index (χ0n) is 12.0. The first-order chi connectivity index (χ1) is 9.15. The van der Waals surface area contributed by atoms with E-state index in [1.165, 1.54) is 43.5 Å². The minimum absolute atomic E-state index is 0.404. The van der Waals surface area contributed by atoms with Gasteiger partial charge in [0, 0.05) is 12.1 Å². The summed E-state index contributed by atoms with van der Waals surface area (Å²) in [5.74, 6) is 0.404. The molecule has 0 radical (unpaired) electrons. The predicted molar refractivity (Wildman–Crippen MR) is 77.5 cm³/mol. The van der Waals surface area contributed by atoms with Gasteiger partial charge >= 0.3 is 0 Å². The average Bonchev–Trinajstić information content (AvgIpc) is 2.81. The van der Waals surface area contributed by atoms with Crippen LogP contribution in [0.2, 0.25) is 0 Å². The molecule has 1 aliphatic heterocycles. The van der Waals surface area contributed by atoms with E-state index in [0.29, 0.717) is 17.8 Å². The van der Waals surface area contributed by atoms with Crippen molar-refractivity contribution in [3.05, 3.63) is 29.3 Å². The van der Waals surface area contributed by atoms with Crippen molar-refractivity contribution in [2.24, 2.45) is 0 Å². The predicted octanol–water partition coefficient (Wildman–Crippen LogP) is 2.41. The van der Waals surface area contributed by atoms with Gasteiger partial charge in [-0.3, -0.25) is 4.90 Å². The molecule has 1 atom stereocenters. The van der Waals surface area contributed by atoms with Gasteiger partial charge in [-0.2, -0.15) is 0 Å². The molecule has 19 heavy (non-hydrogen) atoms. The van der Waals surface area contributed by atoms with Crippen LogP contribution in [0.15, 0.2) is 18.2 Å². The molecule has 3 heteroatoms. The van der Waals surface area contributed by atoms with Crippen LogP contribution in [0.4, 0.5) is 0 Å². The Morgan fingerprint density at radius 3 is 2.68 bits per heavy atom. The highest BCUT2D eigenvalue weighted by Gasteiger charge is 2.31. The summed E-state index contributed by atoms with van der Waals surface area (Å²) in [5.41, 5.74) is 2.77. The molecule has 1 unspecified atom stereocenters. The van der Waals surface area contributed by atoms with Gasteiger partial charge in [-0.15, -0.1) is 0 Å². The Bertz CT molecular complexity index is 452. The first-order valence-electron chi connectivity index (χ1n) is 7.37. The van der Waals surface area contributed by atoms with Gasteiger partial charge in [0.2, 0.25) is 0 Å². The molecule has 1 aromatic carbocycles. The lowest BCUT2D eigenvalue weighted by atomic mass is 9.99. The Morgan fingerprint density at radius 1 is 1.21 bits per heavy atom. The number of aromatic hydroxyl groups is 1. The molecule has 1 N–H and O–H groups in total. The molecule has 1 heterocycles. The number of aryl methyl sites for hydroxylation is 1. The molecule has 0 saturated carbocycles. The van der Waals surface area contributed by atoms with Crippen LogP contribution >= 0.6 is 0 Å². The minimum atomic E-state index is 0.404. The Kier molecular flexibility index (Phi) is 3.50. The van der Waals surface area contributed by atoms with E-state index >= 15 is 0 Å². The molecule has 1 saturated heterocycles.